The minimum atomic E-state index is -2.85. The van der Waals surface area contributed by atoms with Gasteiger partial charge >= 0.3 is 68.8 Å². The zero-order valence-electron chi connectivity index (χ0n) is 9.70. The minimum Gasteiger partial charge on any atom is -0.502 e. The molecule has 0 fully saturated rings. The van der Waals surface area contributed by atoms with Crippen LogP contribution in [0.1, 0.15) is 0 Å². The van der Waals surface area contributed by atoms with E-state index in [9.17, 15) is 20.2 Å². The van der Waals surface area contributed by atoms with Crippen LogP contribution in [-0.2, 0) is 0 Å². The Labute approximate surface area is 155 Å². The molecule has 0 aromatic carbocycles. The quantitative estimate of drug-likeness (QED) is 0.168. The summed E-state index contributed by atoms with van der Waals surface area (Å²) < 4.78 is 25.2. The van der Waals surface area contributed by atoms with Crippen molar-refractivity contribution in [1.82, 2.24) is 0 Å². The molecule has 12 nitrogen and oxygen atoms in total. The van der Waals surface area contributed by atoms with Crippen molar-refractivity contribution in [3.63, 3.8) is 0 Å². The van der Waals surface area contributed by atoms with Crippen LogP contribution in [0.4, 0.5) is 0 Å². The second kappa shape index (κ2) is 10.1. The molecule has 1 unspecified atom stereocenters. The molecule has 0 aliphatic heterocycles. The topological polar surface area (TPSA) is 212 Å². The van der Waals surface area contributed by atoms with Crippen molar-refractivity contribution >= 4 is 5.71 Å². The Morgan fingerprint density at radius 3 is 2.00 bits per heavy atom. The fourth-order valence-corrected chi connectivity index (χ4v) is 1.11. The summed E-state index contributed by atoms with van der Waals surface area (Å²) >= 11 is 0. The maximum atomic E-state index is 10.5. The molecule has 1 rings (SSSR count). The second-order valence-electron chi connectivity index (χ2n) is 2.76. The molecular weight excluding hydrogens is 331 g/mol. The summed E-state index contributed by atoms with van der Waals surface area (Å²) in [5.41, 5.74) is 6.87. The van der Waals surface area contributed by atoms with Crippen LogP contribution in [0.3, 0.4) is 0 Å². The van der Waals surface area contributed by atoms with Gasteiger partial charge in [-0.1, -0.05) is 0 Å². The fraction of sp³-hybridized carbons (Fsp3) is 0.167. The first-order valence-electron chi connectivity index (χ1n) is 4.06. The van der Waals surface area contributed by atoms with Crippen molar-refractivity contribution in [2.24, 2.45) is 0 Å². The molecule has 1 N–H and O–H groups in total. The van der Waals surface area contributed by atoms with E-state index in [0.717, 1.165) is 12.2 Å². The number of rotatable bonds is 2. The molecule has 0 radical (unpaired) electrons. The molecule has 0 aromatic rings. The average molecular weight is 335 g/mol. The van der Waals surface area contributed by atoms with Crippen LogP contribution in [0.5, 0.6) is 0 Å². The van der Waals surface area contributed by atoms with Gasteiger partial charge < -0.3 is 24.6 Å². The van der Waals surface area contributed by atoms with Crippen LogP contribution in [0, 0.1) is 31.0 Å². The smallest absolute Gasteiger partial charge is 0.502 e. The average Bonchev–Trinajstić information content (AvgIpc) is 2.27. The number of nitro groups is 2. The van der Waals surface area contributed by atoms with Crippen molar-refractivity contribution in [2.45, 2.75) is 6.04 Å². The molecule has 104 valence electrons. The van der Waals surface area contributed by atoms with Crippen LogP contribution in [0.25, 0.3) is 5.53 Å². The third kappa shape index (κ3) is 6.62. The number of hydrogen-bond acceptors (Lipinski definition) is 8. The Morgan fingerprint density at radius 1 is 1.25 bits per heavy atom. The van der Waals surface area contributed by atoms with Gasteiger partial charge in [0.2, 0.25) is 0 Å². The number of halogens is 1. The second-order valence-corrected chi connectivity index (χ2v) is 3.14. The van der Waals surface area contributed by atoms with Crippen molar-refractivity contribution in [3.05, 3.63) is 49.4 Å². The Morgan fingerprint density at radius 2 is 1.70 bits per heavy atom. The van der Waals surface area contributed by atoms with Crippen LogP contribution in [0.15, 0.2) is 23.6 Å². The molecule has 0 aromatic heterocycles. The maximum Gasteiger partial charge on any atom is 1.00 e. The molecule has 1 aliphatic carbocycles. The fourth-order valence-electron chi connectivity index (χ4n) is 1.11. The monoisotopic (exact) mass is 334 g/mol. The van der Waals surface area contributed by atoms with E-state index >= 15 is 0 Å². The Bertz CT molecular complexity index is 496. The summed E-state index contributed by atoms with van der Waals surface area (Å²) in [7, 11) is -2.85. The van der Waals surface area contributed by atoms with Crippen LogP contribution in [0.2, 0.25) is 0 Å². The third-order valence-electron chi connectivity index (χ3n) is 1.74. The summed E-state index contributed by atoms with van der Waals surface area (Å²) in [4.78, 5) is 21.4. The summed E-state index contributed by atoms with van der Waals surface area (Å²) in [6.45, 7) is 0. The van der Waals surface area contributed by atoms with Gasteiger partial charge in [-0.3, -0.25) is 20.2 Å². The maximum absolute atomic E-state index is 10.5. The van der Waals surface area contributed by atoms with Gasteiger partial charge in [0.05, 0.1) is 15.7 Å². The van der Waals surface area contributed by atoms with Crippen LogP contribution < -0.4 is 65.4 Å². The van der Waals surface area contributed by atoms with E-state index in [4.69, 9.17) is 24.6 Å². The van der Waals surface area contributed by atoms with Gasteiger partial charge in [-0.05, 0) is 6.08 Å². The molecule has 0 bridgehead atoms. The first kappa shape index (κ1) is 21.6. The van der Waals surface area contributed by atoms with Crippen LogP contribution >= 0.6 is 0 Å². The molecule has 14 heteroatoms. The van der Waals surface area contributed by atoms with Gasteiger partial charge in [0.1, 0.15) is 0 Å². The molecule has 0 heterocycles. The standard InChI is InChI=1S/C6H4N4O5.ClO3.K/c7-8-3-1-2-4(11)6(10(14)15)5(3)9(12)13;2-1(3)4;/h1-2,5,11H;;/q;-1;+1. The number of hydrogen-bond donors (Lipinski definition) is 1. The molecule has 0 saturated carbocycles. The van der Waals surface area contributed by atoms with Crippen LogP contribution in [-0.4, -0.2) is 31.5 Å². The first-order valence-corrected chi connectivity index (χ1v) is 4.99. The Kier molecular flexibility index (Phi) is 10.8. The molecule has 0 saturated heterocycles. The SMILES string of the molecule is [K+].[N-]=[N+]=C1C=CC(O)=C([N+](=O)[O-])C1[N+](=O)[O-].[O-][Cl+2]([O-])[O-]. The number of aliphatic hydroxyl groups is 1. The van der Waals surface area contributed by atoms with Crippen molar-refractivity contribution < 1.29 is 95.9 Å². The number of nitrogens with zero attached hydrogens (tertiary/aromatic N) is 4. The van der Waals surface area contributed by atoms with Crippen molar-refractivity contribution in [1.29, 1.82) is 0 Å². The zero-order chi connectivity index (χ0) is 15.2. The van der Waals surface area contributed by atoms with Crippen molar-refractivity contribution in [2.75, 3.05) is 0 Å². The van der Waals surface area contributed by atoms with E-state index in [-0.39, 0.29) is 51.4 Å². The zero-order valence-corrected chi connectivity index (χ0v) is 13.6. The van der Waals surface area contributed by atoms with Gasteiger partial charge in [0, 0.05) is 11.0 Å². The predicted octanol–water partition coefficient (Wildman–Crippen LogP) is -6.64. The van der Waals surface area contributed by atoms with E-state index in [2.05, 4.69) is 4.79 Å². The molecule has 20 heavy (non-hydrogen) atoms. The normalized spacial score (nSPS) is 16.8. The first-order chi connectivity index (χ1) is 8.72. The molecule has 1 aliphatic rings. The van der Waals surface area contributed by atoms with E-state index in [1.54, 1.807) is 0 Å². The summed E-state index contributed by atoms with van der Waals surface area (Å²) in [6.07, 6.45) is 1.78. The van der Waals surface area contributed by atoms with Crippen molar-refractivity contribution in [3.8, 4) is 0 Å². The number of aliphatic hydroxyl groups excluding tert-OH is 1. The van der Waals surface area contributed by atoms with E-state index in [1.165, 1.54) is 0 Å². The van der Waals surface area contributed by atoms with Gasteiger partial charge in [-0.15, -0.1) is 0 Å². The van der Waals surface area contributed by atoms with Gasteiger partial charge in [-0.2, -0.15) is 4.79 Å². The Balaban J connectivity index is 0. The third-order valence-corrected chi connectivity index (χ3v) is 1.74. The van der Waals surface area contributed by atoms with E-state index in [0.29, 0.717) is 0 Å². The van der Waals surface area contributed by atoms with Gasteiger partial charge in [0.25, 0.3) is 0 Å². The Hall–Kier alpha value is -0.734. The molecular formula is C6H4ClKN4O8. The summed E-state index contributed by atoms with van der Waals surface area (Å²) in [5, 5.41) is 30.0. The van der Waals surface area contributed by atoms with Gasteiger partial charge in [0.15, 0.2) is 5.76 Å². The largest absolute Gasteiger partial charge is 1.00 e. The van der Waals surface area contributed by atoms with Gasteiger partial charge in [-0.25, -0.2) is 0 Å². The summed E-state index contributed by atoms with van der Waals surface area (Å²) in [6, 6.07) is -1.96. The van der Waals surface area contributed by atoms with E-state index < -0.39 is 43.8 Å². The minimum absolute atomic E-state index is 0. The molecule has 0 spiro atoms. The molecule has 0 amide bonds. The summed E-state index contributed by atoms with van der Waals surface area (Å²) in [5.74, 6) is -0.825. The molecule has 1 atom stereocenters. The predicted molar refractivity (Wildman–Crippen MR) is 45.2 cm³/mol. The van der Waals surface area contributed by atoms with E-state index in [1.807, 2.05) is 0 Å². The number of allylic oxidation sites excluding steroid dienone is 1.